The molecule has 3 unspecified atom stereocenters. The molecule has 1 saturated carbocycles. The van der Waals surface area contributed by atoms with E-state index in [0.717, 1.165) is 19.3 Å². The Bertz CT molecular complexity index is 583. The van der Waals surface area contributed by atoms with Crippen molar-refractivity contribution in [1.82, 2.24) is 0 Å². The molecule has 1 aromatic carbocycles. The quantitative estimate of drug-likeness (QED) is 0.699. The number of carbonyl (C=O) groups is 1. The molecule has 0 N–H and O–H groups in total. The zero-order valence-corrected chi connectivity index (χ0v) is 11.5. The number of hydrogen-bond acceptors (Lipinski definition) is 1. The standard InChI is InChI=1S/C18H20O/c1-2-12-3-5-14-11-18(17(19)9-15(14)7-12)10-13-4-6-16(18)8-13/h3-7,13,16H,2,8-11H2,1H3. The van der Waals surface area contributed by atoms with Gasteiger partial charge in [-0.1, -0.05) is 37.3 Å². The number of allylic oxidation sites excluding steroid dienone is 2. The van der Waals surface area contributed by atoms with Crippen LogP contribution in [-0.2, 0) is 24.1 Å². The second-order valence-corrected chi connectivity index (χ2v) is 6.58. The number of ketones is 1. The van der Waals surface area contributed by atoms with Crippen LogP contribution in [0.25, 0.3) is 0 Å². The van der Waals surface area contributed by atoms with Crippen LogP contribution >= 0.6 is 0 Å². The molecule has 4 rings (SSSR count). The fourth-order valence-electron chi connectivity index (χ4n) is 4.50. The second-order valence-electron chi connectivity index (χ2n) is 6.58. The summed E-state index contributed by atoms with van der Waals surface area (Å²) in [6.07, 6.45) is 9.67. The number of rotatable bonds is 1. The number of fused-ring (bicyclic) bond motifs is 4. The summed E-state index contributed by atoms with van der Waals surface area (Å²) in [5.41, 5.74) is 4.04. The van der Waals surface area contributed by atoms with E-state index in [4.69, 9.17) is 0 Å². The maximum atomic E-state index is 12.7. The van der Waals surface area contributed by atoms with Crippen molar-refractivity contribution in [3.63, 3.8) is 0 Å². The summed E-state index contributed by atoms with van der Waals surface area (Å²) in [6, 6.07) is 6.77. The minimum Gasteiger partial charge on any atom is -0.299 e. The Hall–Kier alpha value is -1.37. The molecule has 3 atom stereocenters. The van der Waals surface area contributed by atoms with Gasteiger partial charge in [0.25, 0.3) is 0 Å². The van der Waals surface area contributed by atoms with Crippen LogP contribution in [0.4, 0.5) is 0 Å². The van der Waals surface area contributed by atoms with Crippen LogP contribution in [0.5, 0.6) is 0 Å². The molecule has 1 spiro atoms. The number of carbonyl (C=O) groups excluding carboxylic acids is 1. The number of benzene rings is 1. The summed E-state index contributed by atoms with van der Waals surface area (Å²) in [6.45, 7) is 2.18. The highest BCUT2D eigenvalue weighted by molar-refractivity contribution is 5.90. The normalized spacial score (nSPS) is 35.1. The molecule has 1 fully saturated rings. The van der Waals surface area contributed by atoms with E-state index < -0.39 is 0 Å². The molecule has 1 heteroatoms. The van der Waals surface area contributed by atoms with E-state index in [1.807, 2.05) is 0 Å². The van der Waals surface area contributed by atoms with Crippen molar-refractivity contribution in [3.8, 4) is 0 Å². The van der Waals surface area contributed by atoms with E-state index in [-0.39, 0.29) is 5.41 Å². The molecule has 2 bridgehead atoms. The van der Waals surface area contributed by atoms with Crippen molar-refractivity contribution >= 4 is 5.78 Å². The van der Waals surface area contributed by atoms with Crippen LogP contribution < -0.4 is 0 Å². The summed E-state index contributed by atoms with van der Waals surface area (Å²) in [5.74, 6) is 1.69. The fourth-order valence-corrected chi connectivity index (χ4v) is 4.50. The lowest BCUT2D eigenvalue weighted by Gasteiger charge is -2.38. The molecule has 1 aromatic rings. The fraction of sp³-hybridized carbons (Fsp3) is 0.500. The molecule has 0 aliphatic heterocycles. The largest absolute Gasteiger partial charge is 0.299 e. The molecule has 3 aliphatic carbocycles. The highest BCUT2D eigenvalue weighted by Gasteiger charge is 2.54. The zero-order valence-electron chi connectivity index (χ0n) is 11.5. The Morgan fingerprint density at radius 1 is 1.26 bits per heavy atom. The van der Waals surface area contributed by atoms with Crippen molar-refractivity contribution in [3.05, 3.63) is 47.0 Å². The molecule has 1 nitrogen and oxygen atoms in total. The third-order valence-corrected chi connectivity index (χ3v) is 5.60. The number of hydrogen-bond donors (Lipinski definition) is 0. The Morgan fingerprint density at radius 3 is 2.84 bits per heavy atom. The van der Waals surface area contributed by atoms with Gasteiger partial charge in [-0.05, 0) is 54.2 Å². The van der Waals surface area contributed by atoms with Crippen LogP contribution in [0, 0.1) is 17.3 Å². The average Bonchev–Trinajstić information content (AvgIpc) is 3.01. The third kappa shape index (κ3) is 1.51. The van der Waals surface area contributed by atoms with Gasteiger partial charge in [-0.25, -0.2) is 0 Å². The monoisotopic (exact) mass is 252 g/mol. The summed E-state index contributed by atoms with van der Waals surface area (Å²) in [5, 5.41) is 0. The summed E-state index contributed by atoms with van der Waals surface area (Å²) < 4.78 is 0. The van der Waals surface area contributed by atoms with Gasteiger partial charge in [-0.2, -0.15) is 0 Å². The van der Waals surface area contributed by atoms with E-state index in [0.29, 0.717) is 24.0 Å². The van der Waals surface area contributed by atoms with E-state index in [2.05, 4.69) is 37.3 Å². The van der Waals surface area contributed by atoms with Gasteiger partial charge in [0, 0.05) is 11.8 Å². The van der Waals surface area contributed by atoms with Gasteiger partial charge in [0.05, 0.1) is 0 Å². The minimum absolute atomic E-state index is 0.0415. The van der Waals surface area contributed by atoms with Gasteiger partial charge in [-0.3, -0.25) is 4.79 Å². The van der Waals surface area contributed by atoms with Gasteiger partial charge in [0.15, 0.2) is 0 Å². The Kier molecular flexibility index (Phi) is 2.30. The van der Waals surface area contributed by atoms with Crippen LogP contribution in [0.1, 0.15) is 36.5 Å². The topological polar surface area (TPSA) is 17.1 Å². The van der Waals surface area contributed by atoms with Gasteiger partial charge >= 0.3 is 0 Å². The first-order valence-corrected chi connectivity index (χ1v) is 7.53. The van der Waals surface area contributed by atoms with Crippen molar-refractivity contribution in [1.29, 1.82) is 0 Å². The molecule has 0 amide bonds. The van der Waals surface area contributed by atoms with Gasteiger partial charge < -0.3 is 0 Å². The van der Waals surface area contributed by atoms with E-state index >= 15 is 0 Å². The summed E-state index contributed by atoms with van der Waals surface area (Å²) in [7, 11) is 0. The Labute approximate surface area is 114 Å². The van der Waals surface area contributed by atoms with Crippen LogP contribution in [0.15, 0.2) is 30.4 Å². The summed E-state index contributed by atoms with van der Waals surface area (Å²) in [4.78, 5) is 12.7. The predicted octanol–water partition coefficient (Wildman–Crippen LogP) is 3.50. The van der Waals surface area contributed by atoms with Crippen molar-refractivity contribution in [2.24, 2.45) is 17.3 Å². The maximum Gasteiger partial charge on any atom is 0.144 e. The molecule has 19 heavy (non-hydrogen) atoms. The average molecular weight is 252 g/mol. The van der Waals surface area contributed by atoms with Crippen molar-refractivity contribution < 1.29 is 4.79 Å². The van der Waals surface area contributed by atoms with Crippen molar-refractivity contribution in [2.75, 3.05) is 0 Å². The highest BCUT2D eigenvalue weighted by Crippen LogP contribution is 2.56. The smallest absolute Gasteiger partial charge is 0.144 e. The molecule has 98 valence electrons. The first-order valence-electron chi connectivity index (χ1n) is 7.53. The lowest BCUT2D eigenvalue weighted by molar-refractivity contribution is -0.130. The van der Waals surface area contributed by atoms with Crippen LogP contribution in [0.3, 0.4) is 0 Å². The number of Topliss-reactive ketones (excluding diaryl/α,β-unsaturated/α-hetero) is 1. The van der Waals surface area contributed by atoms with E-state index in [1.54, 1.807) is 0 Å². The lowest BCUT2D eigenvalue weighted by Crippen LogP contribution is -2.41. The molecule has 0 radical (unpaired) electrons. The molecule has 0 heterocycles. The van der Waals surface area contributed by atoms with Crippen LogP contribution in [-0.4, -0.2) is 5.78 Å². The third-order valence-electron chi connectivity index (χ3n) is 5.60. The predicted molar refractivity (Wildman–Crippen MR) is 76.0 cm³/mol. The molecule has 0 aromatic heterocycles. The van der Waals surface area contributed by atoms with E-state index in [9.17, 15) is 4.79 Å². The van der Waals surface area contributed by atoms with E-state index in [1.165, 1.54) is 23.1 Å². The SMILES string of the molecule is CCc1ccc2c(c1)CC(=O)C1(C2)CC2C=CC1C2. The number of aryl methyl sites for hydroxylation is 1. The van der Waals surface area contributed by atoms with Crippen molar-refractivity contribution in [2.45, 2.75) is 39.0 Å². The van der Waals surface area contributed by atoms with Gasteiger partial charge in [-0.15, -0.1) is 0 Å². The summed E-state index contributed by atoms with van der Waals surface area (Å²) >= 11 is 0. The molecule has 0 saturated heterocycles. The lowest BCUT2D eigenvalue weighted by atomic mass is 9.63. The minimum atomic E-state index is -0.0415. The first-order chi connectivity index (χ1) is 9.21. The Balaban J connectivity index is 1.75. The van der Waals surface area contributed by atoms with Gasteiger partial charge in [0.2, 0.25) is 0 Å². The Morgan fingerprint density at radius 2 is 2.16 bits per heavy atom. The first kappa shape index (κ1) is 11.5. The highest BCUT2D eigenvalue weighted by atomic mass is 16.1. The molecular formula is C18H20O. The van der Waals surface area contributed by atoms with Crippen LogP contribution in [0.2, 0.25) is 0 Å². The van der Waals surface area contributed by atoms with Gasteiger partial charge in [0.1, 0.15) is 5.78 Å². The maximum absolute atomic E-state index is 12.7. The zero-order chi connectivity index (χ0) is 13.0. The second kappa shape index (κ2) is 3.82. The molecular weight excluding hydrogens is 232 g/mol. The molecule has 3 aliphatic rings.